The van der Waals surface area contributed by atoms with Crippen LogP contribution in [0.15, 0.2) is 30.3 Å². The standard InChI is InChI=1S/C28H38N4O3/c1-6-28(24-18-12-11-13-19-24)25(33)31(22-16-14-20-29(7-2)8-3)27(35)32(26(28)34)23-17-15-21-30(9-4)10-5/h11-13,18-19H,6-10,20-23H2,1-5H3. The minimum atomic E-state index is -1.48. The molecule has 0 atom stereocenters. The van der Waals surface area contributed by atoms with E-state index in [0.717, 1.165) is 36.0 Å². The number of barbiturate groups is 1. The summed E-state index contributed by atoms with van der Waals surface area (Å²) >= 11 is 0. The Morgan fingerprint density at radius 3 is 1.49 bits per heavy atom. The molecule has 1 fully saturated rings. The maximum absolute atomic E-state index is 13.7. The molecule has 0 radical (unpaired) electrons. The van der Waals surface area contributed by atoms with Gasteiger partial charge in [0.15, 0.2) is 5.41 Å². The van der Waals surface area contributed by atoms with Gasteiger partial charge >= 0.3 is 6.03 Å². The summed E-state index contributed by atoms with van der Waals surface area (Å²) in [6, 6.07) is 8.31. The molecule has 35 heavy (non-hydrogen) atoms. The van der Waals surface area contributed by atoms with Gasteiger partial charge in [0, 0.05) is 0 Å². The van der Waals surface area contributed by atoms with Gasteiger partial charge in [-0.3, -0.25) is 29.2 Å². The SMILES string of the molecule is CCN(CC)CC#CCN1C(=O)N(CC#CCN(CC)CC)C(=O)C(CC)(c2ccccc2)C1=O. The zero-order chi connectivity index (χ0) is 25.8. The maximum atomic E-state index is 13.7. The number of benzene rings is 1. The van der Waals surface area contributed by atoms with Crippen LogP contribution in [-0.2, 0) is 15.0 Å². The number of imide groups is 2. The Kier molecular flexibility index (Phi) is 11.0. The van der Waals surface area contributed by atoms with Crippen LogP contribution in [0.2, 0.25) is 0 Å². The topological polar surface area (TPSA) is 64.2 Å². The minimum absolute atomic E-state index is 0.0653. The van der Waals surface area contributed by atoms with Crippen LogP contribution < -0.4 is 0 Å². The highest BCUT2D eigenvalue weighted by Crippen LogP contribution is 2.36. The molecule has 1 saturated heterocycles. The van der Waals surface area contributed by atoms with Crippen molar-refractivity contribution in [1.29, 1.82) is 0 Å². The van der Waals surface area contributed by atoms with Crippen molar-refractivity contribution in [2.45, 2.75) is 46.5 Å². The Hall–Kier alpha value is -3.13. The molecule has 0 unspecified atom stereocenters. The normalized spacial score (nSPS) is 15.2. The van der Waals surface area contributed by atoms with Gasteiger partial charge in [0.2, 0.25) is 0 Å². The van der Waals surface area contributed by atoms with Crippen LogP contribution in [0.5, 0.6) is 0 Å². The van der Waals surface area contributed by atoms with Gasteiger partial charge < -0.3 is 0 Å². The first-order valence-electron chi connectivity index (χ1n) is 12.5. The number of carbonyl (C=O) groups excluding carboxylic acids is 3. The van der Waals surface area contributed by atoms with Gasteiger partial charge in [-0.15, -0.1) is 0 Å². The third kappa shape index (κ3) is 6.31. The van der Waals surface area contributed by atoms with Crippen LogP contribution in [0, 0.1) is 23.7 Å². The molecule has 0 spiro atoms. The fraction of sp³-hybridized carbons (Fsp3) is 0.536. The van der Waals surface area contributed by atoms with Crippen molar-refractivity contribution in [2.75, 3.05) is 52.4 Å². The predicted molar refractivity (Wildman–Crippen MR) is 138 cm³/mol. The zero-order valence-corrected chi connectivity index (χ0v) is 21.8. The van der Waals surface area contributed by atoms with Crippen molar-refractivity contribution >= 4 is 17.8 Å². The third-order valence-electron chi connectivity index (χ3n) is 6.60. The first kappa shape index (κ1) is 28.1. The molecule has 0 aliphatic carbocycles. The third-order valence-corrected chi connectivity index (χ3v) is 6.60. The lowest BCUT2D eigenvalue weighted by molar-refractivity contribution is -0.151. The van der Waals surface area contributed by atoms with Crippen LogP contribution in [0.25, 0.3) is 0 Å². The first-order valence-corrected chi connectivity index (χ1v) is 12.5. The Balaban J connectivity index is 2.40. The summed E-state index contributed by atoms with van der Waals surface area (Å²) in [4.78, 5) is 47.3. The van der Waals surface area contributed by atoms with E-state index in [4.69, 9.17) is 0 Å². The molecular weight excluding hydrogens is 440 g/mol. The second-order valence-corrected chi connectivity index (χ2v) is 8.32. The lowest BCUT2D eigenvalue weighted by Crippen LogP contribution is -2.67. The second-order valence-electron chi connectivity index (χ2n) is 8.32. The average Bonchev–Trinajstić information content (AvgIpc) is 2.89. The number of amides is 4. The van der Waals surface area contributed by atoms with E-state index in [0.29, 0.717) is 18.7 Å². The van der Waals surface area contributed by atoms with Gasteiger partial charge in [-0.25, -0.2) is 4.79 Å². The number of nitrogens with zero attached hydrogens (tertiary/aromatic N) is 4. The molecular formula is C28H38N4O3. The van der Waals surface area contributed by atoms with Gasteiger partial charge in [-0.1, -0.05) is 88.6 Å². The molecule has 0 saturated carbocycles. The fourth-order valence-corrected chi connectivity index (χ4v) is 4.13. The van der Waals surface area contributed by atoms with Crippen molar-refractivity contribution in [1.82, 2.24) is 19.6 Å². The van der Waals surface area contributed by atoms with Crippen molar-refractivity contribution in [2.24, 2.45) is 0 Å². The molecule has 7 nitrogen and oxygen atoms in total. The molecule has 1 aliphatic heterocycles. The van der Waals surface area contributed by atoms with Crippen LogP contribution in [0.3, 0.4) is 0 Å². The fourth-order valence-electron chi connectivity index (χ4n) is 4.13. The Labute approximate surface area is 210 Å². The highest BCUT2D eigenvalue weighted by atomic mass is 16.2. The van der Waals surface area contributed by atoms with E-state index in [9.17, 15) is 14.4 Å². The monoisotopic (exact) mass is 478 g/mol. The van der Waals surface area contributed by atoms with E-state index in [1.165, 1.54) is 0 Å². The van der Waals surface area contributed by atoms with Crippen LogP contribution in [0.4, 0.5) is 4.79 Å². The van der Waals surface area contributed by atoms with E-state index in [1.807, 2.05) is 6.07 Å². The average molecular weight is 479 g/mol. The summed E-state index contributed by atoms with van der Waals surface area (Å²) < 4.78 is 0. The summed E-state index contributed by atoms with van der Waals surface area (Å²) in [6.07, 6.45) is 0.231. The second kappa shape index (κ2) is 13.7. The smallest absolute Gasteiger partial charge is 0.293 e. The summed E-state index contributed by atoms with van der Waals surface area (Å²) in [6.45, 7) is 14.5. The van der Waals surface area contributed by atoms with E-state index in [1.54, 1.807) is 31.2 Å². The number of hydrogen-bond acceptors (Lipinski definition) is 5. The quantitative estimate of drug-likeness (QED) is 0.382. The molecule has 0 bridgehead atoms. The molecule has 1 aliphatic rings. The van der Waals surface area contributed by atoms with Crippen molar-refractivity contribution < 1.29 is 14.4 Å². The van der Waals surface area contributed by atoms with Gasteiger partial charge in [0.1, 0.15) is 0 Å². The number of carbonyl (C=O) groups is 3. The summed E-state index contributed by atoms with van der Waals surface area (Å²) in [7, 11) is 0. The van der Waals surface area contributed by atoms with Crippen molar-refractivity contribution in [3.63, 3.8) is 0 Å². The van der Waals surface area contributed by atoms with Crippen LogP contribution in [-0.4, -0.2) is 89.8 Å². The number of urea groups is 1. The predicted octanol–water partition coefficient (Wildman–Crippen LogP) is 2.82. The zero-order valence-electron chi connectivity index (χ0n) is 21.8. The van der Waals surface area contributed by atoms with Crippen molar-refractivity contribution in [3.05, 3.63) is 35.9 Å². The molecule has 2 rings (SSSR count). The molecule has 188 valence electrons. The molecule has 1 heterocycles. The lowest BCUT2D eigenvalue weighted by Gasteiger charge is -2.43. The number of rotatable bonds is 10. The Morgan fingerprint density at radius 2 is 1.11 bits per heavy atom. The lowest BCUT2D eigenvalue weighted by atomic mass is 9.74. The molecule has 4 amide bonds. The van der Waals surface area contributed by atoms with Gasteiger partial charge in [0.25, 0.3) is 11.8 Å². The molecule has 0 N–H and O–H groups in total. The van der Waals surface area contributed by atoms with E-state index < -0.39 is 23.3 Å². The van der Waals surface area contributed by atoms with Gasteiger partial charge in [0.05, 0.1) is 26.2 Å². The highest BCUT2D eigenvalue weighted by molar-refractivity contribution is 6.23. The minimum Gasteiger partial charge on any atom is -0.293 e. The molecule has 1 aromatic rings. The van der Waals surface area contributed by atoms with E-state index in [-0.39, 0.29) is 19.5 Å². The molecule has 0 aromatic heterocycles. The maximum Gasteiger partial charge on any atom is 0.335 e. The largest absolute Gasteiger partial charge is 0.335 e. The van der Waals surface area contributed by atoms with Crippen LogP contribution >= 0.6 is 0 Å². The molecule has 1 aromatic carbocycles. The Bertz CT molecular complexity index is 936. The summed E-state index contributed by atoms with van der Waals surface area (Å²) in [5, 5.41) is 0. The highest BCUT2D eigenvalue weighted by Gasteiger charge is 2.57. The Morgan fingerprint density at radius 1 is 0.686 bits per heavy atom. The first-order chi connectivity index (χ1) is 16.9. The summed E-state index contributed by atoms with van der Waals surface area (Å²) in [5.41, 5.74) is -0.900. The number of hydrogen-bond donors (Lipinski definition) is 0. The van der Waals surface area contributed by atoms with Crippen LogP contribution in [0.1, 0.15) is 46.6 Å². The van der Waals surface area contributed by atoms with E-state index >= 15 is 0 Å². The molecule has 7 heteroatoms. The van der Waals surface area contributed by atoms with E-state index in [2.05, 4.69) is 61.2 Å². The summed E-state index contributed by atoms with van der Waals surface area (Å²) in [5.74, 6) is 11.0. The van der Waals surface area contributed by atoms with Crippen molar-refractivity contribution in [3.8, 4) is 23.7 Å². The van der Waals surface area contributed by atoms with Gasteiger partial charge in [-0.2, -0.15) is 0 Å². The van der Waals surface area contributed by atoms with Gasteiger partial charge in [-0.05, 0) is 38.2 Å².